The van der Waals surface area contributed by atoms with E-state index in [1.165, 1.54) is 18.2 Å². The summed E-state index contributed by atoms with van der Waals surface area (Å²) in [6, 6.07) is 11.0. The van der Waals surface area contributed by atoms with Gasteiger partial charge in [0.25, 0.3) is 5.24 Å². The van der Waals surface area contributed by atoms with E-state index in [4.69, 9.17) is 25.8 Å². The molecule has 0 spiro atoms. The lowest BCUT2D eigenvalue weighted by Gasteiger charge is -2.15. The second-order valence-electron chi connectivity index (χ2n) is 7.60. The Kier molecular flexibility index (Phi) is 7.44. The molecule has 0 amide bonds. The van der Waals surface area contributed by atoms with Gasteiger partial charge in [-0.25, -0.2) is 0 Å². The highest BCUT2D eigenvalue weighted by molar-refractivity contribution is 6.68. The fourth-order valence-electron chi connectivity index (χ4n) is 3.00. The number of hydrogen-bond acceptors (Lipinski definition) is 9. The number of alkyl halides is 3. The third-order valence-electron chi connectivity index (χ3n) is 4.68. The maximum absolute atomic E-state index is 12.7. The van der Waals surface area contributed by atoms with Gasteiger partial charge in [0.05, 0.1) is 5.56 Å². The van der Waals surface area contributed by atoms with Gasteiger partial charge in [0.1, 0.15) is 24.7 Å². The number of ether oxygens (including phenoxy) is 3. The first kappa shape index (κ1) is 25.0. The molecule has 0 unspecified atom stereocenters. The zero-order valence-electron chi connectivity index (χ0n) is 18.6. The van der Waals surface area contributed by atoms with Crippen molar-refractivity contribution in [3.05, 3.63) is 65.7 Å². The highest BCUT2D eigenvalue weighted by Crippen LogP contribution is 2.28. The van der Waals surface area contributed by atoms with Crippen molar-refractivity contribution in [2.24, 2.45) is 0 Å². The van der Waals surface area contributed by atoms with Crippen LogP contribution in [0.2, 0.25) is 0 Å². The molecule has 13 heteroatoms. The molecule has 0 saturated carbocycles. The maximum Gasteiger partial charge on any atom is 0.422 e. The smallest absolute Gasteiger partial charge is 0.422 e. The largest absolute Gasteiger partial charge is 0.489 e. The number of aromatic nitrogens is 3. The summed E-state index contributed by atoms with van der Waals surface area (Å²) in [6.07, 6.45) is -4.58. The van der Waals surface area contributed by atoms with E-state index in [9.17, 15) is 18.0 Å². The van der Waals surface area contributed by atoms with Gasteiger partial charge < -0.3 is 24.8 Å². The van der Waals surface area contributed by atoms with E-state index in [0.717, 1.165) is 5.56 Å². The SMILES string of the molecule is C=C1COc2ccc(cc2)CNc2nc(nc(OCC(F)(F)F)n2)Nc2ccc(C(=O)Cl)c(c2)OC1. The van der Waals surface area contributed by atoms with Crippen LogP contribution in [0.5, 0.6) is 17.5 Å². The second-order valence-corrected chi connectivity index (χ2v) is 7.95. The third kappa shape index (κ3) is 6.98. The molecule has 5 rings (SSSR count). The van der Waals surface area contributed by atoms with Crippen LogP contribution in [0.4, 0.5) is 30.8 Å². The van der Waals surface area contributed by atoms with Crippen molar-refractivity contribution in [1.29, 1.82) is 0 Å². The molecule has 0 fully saturated rings. The Morgan fingerprint density at radius 2 is 1.78 bits per heavy atom. The monoisotopic (exact) mass is 521 g/mol. The Bertz CT molecular complexity index is 1270. The van der Waals surface area contributed by atoms with Crippen molar-refractivity contribution in [2.75, 3.05) is 30.5 Å². The van der Waals surface area contributed by atoms with E-state index in [0.29, 0.717) is 17.0 Å². The molecule has 36 heavy (non-hydrogen) atoms. The lowest BCUT2D eigenvalue weighted by molar-refractivity contribution is -0.154. The summed E-state index contributed by atoms with van der Waals surface area (Å²) in [6.45, 7) is 2.83. The summed E-state index contributed by atoms with van der Waals surface area (Å²) >= 11 is 5.68. The van der Waals surface area contributed by atoms with Crippen molar-refractivity contribution in [3.8, 4) is 17.5 Å². The predicted octanol–water partition coefficient (Wildman–Crippen LogP) is 4.87. The molecule has 0 aliphatic carbocycles. The Morgan fingerprint density at radius 3 is 2.50 bits per heavy atom. The number of carbonyl (C=O) groups excluding carboxylic acids is 1. The molecule has 188 valence electrons. The maximum atomic E-state index is 12.7. The predicted molar refractivity (Wildman–Crippen MR) is 125 cm³/mol. The van der Waals surface area contributed by atoms with Crippen molar-refractivity contribution in [2.45, 2.75) is 12.7 Å². The molecule has 1 aromatic heterocycles. The number of benzene rings is 2. The normalized spacial score (nSPS) is 13.8. The van der Waals surface area contributed by atoms with Crippen LogP contribution in [-0.4, -0.2) is 46.2 Å². The molecule has 3 heterocycles. The van der Waals surface area contributed by atoms with Gasteiger partial charge in [0.2, 0.25) is 11.9 Å². The molecule has 2 aromatic carbocycles. The summed E-state index contributed by atoms with van der Waals surface area (Å²) in [7, 11) is 0. The van der Waals surface area contributed by atoms with E-state index in [-0.39, 0.29) is 43.0 Å². The lowest BCUT2D eigenvalue weighted by Crippen LogP contribution is -2.21. The standard InChI is InChI=1S/C23H19ClF3N5O4/c1-13-10-34-16-5-2-14(3-6-16)9-28-20-30-21(32-22(31-20)36-12-23(25,26)27)29-15-4-7-17(19(24)33)18(8-15)35-11-13/h2-8H,1,9-12H2,(H2,28,29,30,31,32). The molecule has 9 nitrogen and oxygen atoms in total. The summed E-state index contributed by atoms with van der Waals surface area (Å²) in [4.78, 5) is 23.9. The highest BCUT2D eigenvalue weighted by atomic mass is 35.5. The number of fused-ring (bicyclic) bond motifs is 7. The Morgan fingerprint density at radius 1 is 1.06 bits per heavy atom. The molecule has 2 aliphatic rings. The van der Waals surface area contributed by atoms with E-state index in [1.54, 1.807) is 24.3 Å². The number of nitrogens with one attached hydrogen (secondary N) is 2. The number of rotatable bonds is 3. The van der Waals surface area contributed by atoms with Crippen molar-refractivity contribution < 1.29 is 32.2 Å². The fourth-order valence-corrected chi connectivity index (χ4v) is 3.16. The van der Waals surface area contributed by atoms with Crippen LogP contribution < -0.4 is 24.8 Å². The molecule has 0 radical (unpaired) electrons. The van der Waals surface area contributed by atoms with E-state index < -0.39 is 24.0 Å². The van der Waals surface area contributed by atoms with Gasteiger partial charge in [-0.1, -0.05) is 18.7 Å². The average molecular weight is 522 g/mol. The molecule has 2 aliphatic heterocycles. The number of carbonyl (C=O) groups is 1. The van der Waals surface area contributed by atoms with Crippen LogP contribution in [0.15, 0.2) is 54.6 Å². The van der Waals surface area contributed by atoms with Crippen LogP contribution in [0.1, 0.15) is 15.9 Å². The number of anilines is 3. The van der Waals surface area contributed by atoms with Gasteiger partial charge in [-0.2, -0.15) is 28.1 Å². The van der Waals surface area contributed by atoms with Crippen LogP contribution in [0.25, 0.3) is 0 Å². The first-order valence-electron chi connectivity index (χ1n) is 10.5. The Hall–Kier alpha value is -4.06. The minimum Gasteiger partial charge on any atom is -0.489 e. The zero-order chi connectivity index (χ0) is 25.7. The third-order valence-corrected chi connectivity index (χ3v) is 4.88. The Labute approximate surface area is 208 Å². The fraction of sp³-hybridized carbons (Fsp3) is 0.217. The lowest BCUT2D eigenvalue weighted by atomic mass is 10.2. The molecular weight excluding hydrogens is 503 g/mol. The first-order chi connectivity index (χ1) is 17.1. The van der Waals surface area contributed by atoms with E-state index in [1.807, 2.05) is 0 Å². The summed E-state index contributed by atoms with van der Waals surface area (Å²) in [5.41, 5.74) is 1.91. The van der Waals surface area contributed by atoms with E-state index in [2.05, 4.69) is 32.2 Å². The van der Waals surface area contributed by atoms with Gasteiger partial charge in [-0.05, 0) is 47.0 Å². The van der Waals surface area contributed by atoms with Crippen molar-refractivity contribution in [1.82, 2.24) is 15.0 Å². The average Bonchev–Trinajstić information content (AvgIpc) is 2.83. The van der Waals surface area contributed by atoms with Gasteiger partial charge in [-0.15, -0.1) is 0 Å². The van der Waals surface area contributed by atoms with Gasteiger partial charge in [0.15, 0.2) is 6.61 Å². The topological polar surface area (TPSA) is 107 Å². The van der Waals surface area contributed by atoms with Gasteiger partial charge in [0, 0.05) is 18.3 Å². The summed E-state index contributed by atoms with van der Waals surface area (Å²) in [5.74, 6) is 0.614. The number of halogens is 4. The molecule has 0 atom stereocenters. The number of hydrogen-bond donors (Lipinski definition) is 2. The molecule has 6 bridgehead atoms. The molecule has 3 aromatic rings. The van der Waals surface area contributed by atoms with Crippen molar-refractivity contribution >= 4 is 34.4 Å². The van der Waals surface area contributed by atoms with E-state index >= 15 is 0 Å². The highest BCUT2D eigenvalue weighted by Gasteiger charge is 2.29. The number of nitrogens with zero attached hydrogens (tertiary/aromatic N) is 3. The van der Waals surface area contributed by atoms with Crippen LogP contribution in [-0.2, 0) is 6.54 Å². The summed E-state index contributed by atoms with van der Waals surface area (Å²) in [5, 5.41) is 5.05. The molecular formula is C23H19ClF3N5O4. The van der Waals surface area contributed by atoms with Crippen LogP contribution >= 0.6 is 11.6 Å². The van der Waals surface area contributed by atoms with Crippen molar-refractivity contribution in [3.63, 3.8) is 0 Å². The molecule has 2 N–H and O–H groups in total. The Balaban J connectivity index is 1.70. The van der Waals surface area contributed by atoms with Crippen LogP contribution in [0, 0.1) is 0 Å². The minimum absolute atomic E-state index is 0.0218. The summed E-state index contributed by atoms with van der Waals surface area (Å²) < 4.78 is 54.2. The molecule has 0 saturated heterocycles. The van der Waals surface area contributed by atoms with Gasteiger partial charge >= 0.3 is 12.2 Å². The quantitative estimate of drug-likeness (QED) is 0.368. The van der Waals surface area contributed by atoms with Gasteiger partial charge in [-0.3, -0.25) is 4.79 Å². The minimum atomic E-state index is -4.58. The van der Waals surface area contributed by atoms with Crippen LogP contribution in [0.3, 0.4) is 0 Å². The first-order valence-corrected chi connectivity index (χ1v) is 10.8. The second kappa shape index (κ2) is 10.7. The zero-order valence-corrected chi connectivity index (χ0v) is 19.3.